The molecule has 2 amide bonds. The van der Waals surface area contributed by atoms with Gasteiger partial charge in [-0.15, -0.1) is 10.2 Å². The lowest BCUT2D eigenvalue weighted by atomic mass is 10.1. The molecular weight excluding hydrogens is 262 g/mol. The van der Waals surface area contributed by atoms with Gasteiger partial charge in [0.1, 0.15) is 5.51 Å². The molecule has 0 spiro atoms. The van der Waals surface area contributed by atoms with E-state index in [0.717, 1.165) is 11.3 Å². The number of rotatable bonds is 4. The number of carbonyl (C=O) groups is 1. The van der Waals surface area contributed by atoms with Crippen LogP contribution in [0.15, 0.2) is 29.8 Å². The molecule has 100 valence electrons. The first-order valence-electron chi connectivity index (χ1n) is 5.80. The number of urea groups is 1. The van der Waals surface area contributed by atoms with Gasteiger partial charge in [0.05, 0.1) is 0 Å². The van der Waals surface area contributed by atoms with Crippen LogP contribution >= 0.6 is 11.3 Å². The molecule has 0 radical (unpaired) electrons. The molecule has 0 bridgehead atoms. The first-order valence-corrected chi connectivity index (χ1v) is 6.68. The van der Waals surface area contributed by atoms with Crippen LogP contribution in [0, 0.1) is 0 Å². The predicted octanol–water partition coefficient (Wildman–Crippen LogP) is 2.46. The minimum Gasteiger partial charge on any atom is -0.313 e. The van der Waals surface area contributed by atoms with Crippen molar-refractivity contribution in [2.45, 2.75) is 13.0 Å². The first-order chi connectivity index (χ1) is 9.19. The van der Waals surface area contributed by atoms with Crippen LogP contribution in [0.5, 0.6) is 0 Å². The van der Waals surface area contributed by atoms with Crippen LogP contribution in [0.1, 0.15) is 18.5 Å². The summed E-state index contributed by atoms with van der Waals surface area (Å²) in [5, 5.41) is 16.3. The molecular formula is C12H15N5OS. The summed E-state index contributed by atoms with van der Waals surface area (Å²) in [6.45, 7) is 2.07. The Morgan fingerprint density at radius 1 is 1.26 bits per heavy atom. The maximum atomic E-state index is 11.7. The van der Waals surface area contributed by atoms with E-state index < -0.39 is 0 Å². The van der Waals surface area contributed by atoms with Crippen LogP contribution < -0.4 is 16.0 Å². The Morgan fingerprint density at radius 2 is 2.00 bits per heavy atom. The lowest BCUT2D eigenvalue weighted by Gasteiger charge is -2.11. The van der Waals surface area contributed by atoms with Gasteiger partial charge in [-0.1, -0.05) is 23.5 Å². The Hall–Kier alpha value is -1.99. The van der Waals surface area contributed by atoms with Crippen molar-refractivity contribution in [3.8, 4) is 0 Å². The van der Waals surface area contributed by atoms with Gasteiger partial charge in [0.15, 0.2) is 0 Å². The van der Waals surface area contributed by atoms with E-state index in [0.29, 0.717) is 5.13 Å². The quantitative estimate of drug-likeness (QED) is 0.802. The van der Waals surface area contributed by atoms with E-state index >= 15 is 0 Å². The summed E-state index contributed by atoms with van der Waals surface area (Å²) in [6.07, 6.45) is 0. The summed E-state index contributed by atoms with van der Waals surface area (Å²) >= 11 is 1.27. The summed E-state index contributed by atoms with van der Waals surface area (Å²) in [5.41, 5.74) is 3.45. The summed E-state index contributed by atoms with van der Waals surface area (Å²) in [4.78, 5) is 11.7. The standard InChI is InChI=1S/C12H15N5OS/c1-8(13-2)9-3-5-10(6-4-9)15-11(18)16-12-17-14-7-19-12/h3-8,13H,1-2H3,(H2,15,16,17,18). The summed E-state index contributed by atoms with van der Waals surface area (Å²) in [6, 6.07) is 7.63. The van der Waals surface area contributed by atoms with Crippen molar-refractivity contribution in [1.29, 1.82) is 0 Å². The van der Waals surface area contributed by atoms with E-state index in [4.69, 9.17) is 0 Å². The lowest BCUT2D eigenvalue weighted by molar-refractivity contribution is 0.262. The third kappa shape index (κ3) is 3.73. The molecule has 0 aliphatic heterocycles. The molecule has 2 rings (SSSR count). The van der Waals surface area contributed by atoms with Gasteiger partial charge in [0, 0.05) is 11.7 Å². The van der Waals surface area contributed by atoms with Crippen LogP contribution in [0.4, 0.5) is 15.6 Å². The third-order valence-electron chi connectivity index (χ3n) is 2.68. The number of nitrogens with one attached hydrogen (secondary N) is 3. The Labute approximate surface area is 115 Å². The van der Waals surface area contributed by atoms with Crippen LogP contribution in [0.25, 0.3) is 0 Å². The zero-order chi connectivity index (χ0) is 13.7. The average molecular weight is 277 g/mol. The van der Waals surface area contributed by atoms with Gasteiger partial charge >= 0.3 is 6.03 Å². The highest BCUT2D eigenvalue weighted by molar-refractivity contribution is 7.13. The van der Waals surface area contributed by atoms with E-state index in [1.54, 1.807) is 5.51 Å². The fourth-order valence-electron chi connectivity index (χ4n) is 1.51. The molecule has 0 aliphatic rings. The number of amides is 2. The number of anilines is 2. The van der Waals surface area contributed by atoms with Gasteiger partial charge in [-0.3, -0.25) is 5.32 Å². The number of hydrogen-bond acceptors (Lipinski definition) is 5. The predicted molar refractivity (Wildman–Crippen MR) is 76.5 cm³/mol. The maximum absolute atomic E-state index is 11.7. The summed E-state index contributed by atoms with van der Waals surface area (Å²) in [5.74, 6) is 0. The number of hydrogen-bond donors (Lipinski definition) is 3. The minimum atomic E-state index is -0.328. The summed E-state index contributed by atoms with van der Waals surface area (Å²) < 4.78 is 0. The molecule has 7 heteroatoms. The van der Waals surface area contributed by atoms with Crippen LogP contribution in [0.3, 0.4) is 0 Å². The van der Waals surface area contributed by atoms with Crippen molar-refractivity contribution in [1.82, 2.24) is 15.5 Å². The fraction of sp³-hybridized carbons (Fsp3) is 0.250. The van der Waals surface area contributed by atoms with E-state index in [-0.39, 0.29) is 12.1 Å². The SMILES string of the molecule is CNC(C)c1ccc(NC(=O)Nc2nncs2)cc1. The Balaban J connectivity index is 1.94. The second-order valence-corrected chi connectivity index (χ2v) is 4.79. The molecule has 0 aliphatic carbocycles. The molecule has 1 heterocycles. The molecule has 0 saturated carbocycles. The number of benzene rings is 1. The second-order valence-electron chi connectivity index (χ2n) is 3.96. The van der Waals surface area contributed by atoms with E-state index in [1.165, 1.54) is 11.3 Å². The highest BCUT2D eigenvalue weighted by Gasteiger charge is 2.06. The van der Waals surface area contributed by atoms with Crippen LogP contribution in [0.2, 0.25) is 0 Å². The Bertz CT molecular complexity index is 526. The van der Waals surface area contributed by atoms with Crippen molar-refractivity contribution in [2.75, 3.05) is 17.7 Å². The molecule has 2 aromatic rings. The van der Waals surface area contributed by atoms with Gasteiger partial charge in [0.2, 0.25) is 5.13 Å². The van der Waals surface area contributed by atoms with Crippen molar-refractivity contribution >= 4 is 28.2 Å². The smallest absolute Gasteiger partial charge is 0.313 e. The number of aromatic nitrogens is 2. The van der Waals surface area contributed by atoms with Crippen molar-refractivity contribution < 1.29 is 4.79 Å². The Kier molecular flexibility index (Phi) is 4.43. The topological polar surface area (TPSA) is 78.9 Å². The molecule has 1 unspecified atom stereocenters. The molecule has 3 N–H and O–H groups in total. The van der Waals surface area contributed by atoms with E-state index in [2.05, 4.69) is 33.1 Å². The second kappa shape index (κ2) is 6.26. The van der Waals surface area contributed by atoms with Crippen LogP contribution in [-0.4, -0.2) is 23.3 Å². The Morgan fingerprint density at radius 3 is 2.58 bits per heavy atom. The average Bonchev–Trinajstić information content (AvgIpc) is 2.91. The molecule has 19 heavy (non-hydrogen) atoms. The van der Waals surface area contributed by atoms with Gasteiger partial charge in [-0.05, 0) is 31.7 Å². The molecule has 1 aromatic carbocycles. The van der Waals surface area contributed by atoms with Crippen molar-refractivity contribution in [3.05, 3.63) is 35.3 Å². The lowest BCUT2D eigenvalue weighted by Crippen LogP contribution is -2.19. The molecule has 0 fully saturated rings. The van der Waals surface area contributed by atoms with Gasteiger partial charge in [-0.2, -0.15) is 0 Å². The summed E-state index contributed by atoms with van der Waals surface area (Å²) in [7, 11) is 1.91. The molecule has 1 atom stereocenters. The number of carbonyl (C=O) groups excluding carboxylic acids is 1. The molecule has 6 nitrogen and oxygen atoms in total. The van der Waals surface area contributed by atoms with Crippen molar-refractivity contribution in [3.63, 3.8) is 0 Å². The van der Waals surface area contributed by atoms with Crippen molar-refractivity contribution in [2.24, 2.45) is 0 Å². The largest absolute Gasteiger partial charge is 0.325 e. The molecule has 0 saturated heterocycles. The van der Waals surface area contributed by atoms with Gasteiger partial charge in [0.25, 0.3) is 0 Å². The van der Waals surface area contributed by atoms with Crippen LogP contribution in [-0.2, 0) is 0 Å². The highest BCUT2D eigenvalue weighted by Crippen LogP contribution is 2.16. The molecule has 1 aromatic heterocycles. The zero-order valence-electron chi connectivity index (χ0n) is 10.7. The van der Waals surface area contributed by atoms with Gasteiger partial charge < -0.3 is 10.6 Å². The zero-order valence-corrected chi connectivity index (χ0v) is 11.5. The van der Waals surface area contributed by atoms with E-state index in [1.807, 2.05) is 31.3 Å². The number of nitrogens with zero attached hydrogens (tertiary/aromatic N) is 2. The fourth-order valence-corrected chi connectivity index (χ4v) is 1.95. The highest BCUT2D eigenvalue weighted by atomic mass is 32.1. The monoisotopic (exact) mass is 277 g/mol. The normalized spacial score (nSPS) is 11.9. The third-order valence-corrected chi connectivity index (χ3v) is 3.29. The van der Waals surface area contributed by atoms with E-state index in [9.17, 15) is 4.79 Å². The maximum Gasteiger partial charge on any atom is 0.325 e. The first kappa shape index (κ1) is 13.4. The van der Waals surface area contributed by atoms with Gasteiger partial charge in [-0.25, -0.2) is 4.79 Å². The minimum absolute atomic E-state index is 0.282.